The molecule has 0 spiro atoms. The van der Waals surface area contributed by atoms with E-state index in [1.807, 2.05) is 0 Å². The van der Waals surface area contributed by atoms with Gasteiger partial charge < -0.3 is 10.8 Å². The van der Waals surface area contributed by atoms with Gasteiger partial charge in [-0.1, -0.05) is 12.1 Å². The third kappa shape index (κ3) is 3.16. The van der Waals surface area contributed by atoms with Gasteiger partial charge in [-0.2, -0.15) is 0 Å². The molecule has 0 aliphatic heterocycles. The van der Waals surface area contributed by atoms with Crippen LogP contribution in [-0.2, 0) is 9.59 Å². The highest BCUT2D eigenvalue weighted by molar-refractivity contribution is 6.10. The number of benzene rings is 1. The number of hydrogen-bond acceptors (Lipinski definition) is 5. The Hall–Kier alpha value is -2.67. The maximum Gasteiger partial charge on any atom is 0.328 e. The normalized spacial score (nSPS) is 10.3. The minimum atomic E-state index is -1.32. The Labute approximate surface area is 102 Å². The van der Waals surface area contributed by atoms with Gasteiger partial charge in [0, 0.05) is 17.8 Å². The van der Waals surface area contributed by atoms with Gasteiger partial charge in [0.2, 0.25) is 0 Å². The monoisotopic (exact) mass is 249 g/mol. The Balaban J connectivity index is 2.88. The number of rotatable bonds is 3. The number of nitrogens with two attached hydrogens (primary N) is 2. The van der Waals surface area contributed by atoms with Crippen LogP contribution in [0.4, 0.5) is 5.69 Å². The minimum Gasteiger partial charge on any atom is -0.478 e. The highest BCUT2D eigenvalue weighted by Gasteiger charge is 2.19. The smallest absolute Gasteiger partial charge is 0.328 e. The summed E-state index contributed by atoms with van der Waals surface area (Å²) in [5.74, 6) is 2.20. The van der Waals surface area contributed by atoms with E-state index in [-0.39, 0.29) is 11.3 Å². The van der Waals surface area contributed by atoms with Crippen molar-refractivity contribution in [3.8, 4) is 0 Å². The Kier molecular flexibility index (Phi) is 4.16. The summed E-state index contributed by atoms with van der Waals surface area (Å²) in [5, 5.41) is 8.64. The lowest BCUT2D eigenvalue weighted by Gasteiger charge is -2.13. The average molecular weight is 249 g/mol. The first kappa shape index (κ1) is 13.4. The highest BCUT2D eigenvalue weighted by atomic mass is 16.4. The van der Waals surface area contributed by atoms with E-state index in [1.54, 1.807) is 12.1 Å². The fraction of sp³-hybridized carbons (Fsp3) is 0. The number of carbonyl (C=O) groups excluding carboxylic acids is 2. The van der Waals surface area contributed by atoms with Crippen LogP contribution in [0.15, 0.2) is 36.4 Å². The highest BCUT2D eigenvalue weighted by Crippen LogP contribution is 2.12. The number of carboxylic acids is 1. The van der Waals surface area contributed by atoms with E-state index in [4.69, 9.17) is 16.7 Å². The molecule has 0 aliphatic carbocycles. The molecule has 0 unspecified atom stereocenters. The maximum absolute atomic E-state index is 11.8. The molecule has 2 amide bonds. The van der Waals surface area contributed by atoms with Crippen molar-refractivity contribution in [2.75, 3.05) is 5.73 Å². The summed E-state index contributed by atoms with van der Waals surface area (Å²) < 4.78 is 0. The SMILES string of the molecule is Nc1ccccc1C(=O)N(N)C(=O)/C=C\C(=O)O. The number of nitrogens with zero attached hydrogens (tertiary/aromatic N) is 1. The van der Waals surface area contributed by atoms with Gasteiger partial charge in [0.15, 0.2) is 0 Å². The molecule has 0 heterocycles. The van der Waals surface area contributed by atoms with Gasteiger partial charge in [-0.25, -0.2) is 15.6 Å². The molecule has 0 aliphatic rings. The van der Waals surface area contributed by atoms with E-state index in [9.17, 15) is 14.4 Å². The summed E-state index contributed by atoms with van der Waals surface area (Å²) in [5.41, 5.74) is 5.80. The molecule has 1 rings (SSSR count). The van der Waals surface area contributed by atoms with Crippen molar-refractivity contribution in [3.63, 3.8) is 0 Å². The number of para-hydroxylation sites is 1. The first-order valence-corrected chi connectivity index (χ1v) is 4.82. The zero-order chi connectivity index (χ0) is 13.7. The number of aliphatic carboxylic acids is 1. The predicted molar refractivity (Wildman–Crippen MR) is 63.0 cm³/mol. The molecule has 7 nitrogen and oxygen atoms in total. The Morgan fingerprint density at radius 2 is 1.78 bits per heavy atom. The van der Waals surface area contributed by atoms with Gasteiger partial charge in [0.25, 0.3) is 11.8 Å². The zero-order valence-electron chi connectivity index (χ0n) is 9.24. The van der Waals surface area contributed by atoms with Gasteiger partial charge >= 0.3 is 5.97 Å². The van der Waals surface area contributed by atoms with Crippen LogP contribution in [0.25, 0.3) is 0 Å². The minimum absolute atomic E-state index is 0.0667. The molecule has 1 aromatic carbocycles. The van der Waals surface area contributed by atoms with Crippen LogP contribution in [0, 0.1) is 0 Å². The van der Waals surface area contributed by atoms with E-state index in [0.29, 0.717) is 17.2 Å². The van der Waals surface area contributed by atoms with Crippen LogP contribution in [0.3, 0.4) is 0 Å². The molecule has 1 aromatic rings. The molecule has 0 fully saturated rings. The van der Waals surface area contributed by atoms with Gasteiger partial charge in [0.05, 0.1) is 5.56 Å². The number of anilines is 1. The molecule has 18 heavy (non-hydrogen) atoms. The van der Waals surface area contributed by atoms with Crippen molar-refractivity contribution >= 4 is 23.5 Å². The molecule has 94 valence electrons. The summed E-state index contributed by atoms with van der Waals surface area (Å²) in [6.07, 6.45) is 1.27. The topological polar surface area (TPSA) is 127 Å². The molecule has 0 atom stereocenters. The molecule has 0 saturated heterocycles. The van der Waals surface area contributed by atoms with Crippen LogP contribution in [0.5, 0.6) is 0 Å². The quantitative estimate of drug-likeness (QED) is 0.223. The van der Waals surface area contributed by atoms with Crippen molar-refractivity contribution in [3.05, 3.63) is 42.0 Å². The van der Waals surface area contributed by atoms with Crippen LogP contribution in [0.2, 0.25) is 0 Å². The Morgan fingerprint density at radius 3 is 2.33 bits per heavy atom. The summed E-state index contributed by atoms with van der Waals surface area (Å²) in [4.78, 5) is 33.4. The average Bonchev–Trinajstić information content (AvgIpc) is 2.34. The molecule has 0 saturated carbocycles. The van der Waals surface area contributed by atoms with Gasteiger partial charge in [-0.05, 0) is 12.1 Å². The first-order chi connectivity index (χ1) is 8.43. The predicted octanol–water partition coefficient (Wildman–Crippen LogP) is -0.248. The van der Waals surface area contributed by atoms with Crippen LogP contribution < -0.4 is 11.6 Å². The number of amides is 2. The van der Waals surface area contributed by atoms with Crippen molar-refractivity contribution in [1.82, 2.24) is 5.01 Å². The zero-order valence-corrected chi connectivity index (χ0v) is 9.24. The van der Waals surface area contributed by atoms with E-state index in [2.05, 4.69) is 0 Å². The number of carbonyl (C=O) groups is 3. The number of nitrogen functional groups attached to an aromatic ring is 1. The lowest BCUT2D eigenvalue weighted by Crippen LogP contribution is -2.42. The molecule has 7 heteroatoms. The van der Waals surface area contributed by atoms with Crippen molar-refractivity contribution in [2.24, 2.45) is 5.84 Å². The van der Waals surface area contributed by atoms with Crippen LogP contribution in [0.1, 0.15) is 10.4 Å². The summed E-state index contributed by atoms with van der Waals surface area (Å²) in [7, 11) is 0. The second-order valence-electron chi connectivity index (χ2n) is 3.27. The molecule has 0 aromatic heterocycles. The fourth-order valence-electron chi connectivity index (χ4n) is 1.14. The number of hydrazine groups is 1. The molecular formula is C11H11N3O4. The summed E-state index contributed by atoms with van der Waals surface area (Å²) in [6.45, 7) is 0. The van der Waals surface area contributed by atoms with Crippen LogP contribution in [-0.4, -0.2) is 27.9 Å². The largest absolute Gasteiger partial charge is 0.478 e. The number of carboxylic acid groups (broad SMARTS) is 1. The first-order valence-electron chi connectivity index (χ1n) is 4.82. The maximum atomic E-state index is 11.8. The lowest BCUT2D eigenvalue weighted by atomic mass is 10.1. The molecule has 5 N–H and O–H groups in total. The van der Waals surface area contributed by atoms with E-state index < -0.39 is 17.8 Å². The molecule has 0 bridgehead atoms. The Bertz CT molecular complexity index is 525. The van der Waals surface area contributed by atoms with Crippen molar-refractivity contribution in [2.45, 2.75) is 0 Å². The fourth-order valence-corrected chi connectivity index (χ4v) is 1.14. The lowest BCUT2D eigenvalue weighted by molar-refractivity contribution is -0.132. The van der Waals surface area contributed by atoms with Crippen molar-refractivity contribution < 1.29 is 19.5 Å². The van der Waals surface area contributed by atoms with Gasteiger partial charge in [0.1, 0.15) is 0 Å². The van der Waals surface area contributed by atoms with Gasteiger partial charge in [-0.3, -0.25) is 9.59 Å². The summed E-state index contributed by atoms with van der Waals surface area (Å²) in [6, 6.07) is 6.08. The Morgan fingerprint density at radius 1 is 1.17 bits per heavy atom. The van der Waals surface area contributed by atoms with E-state index in [1.165, 1.54) is 12.1 Å². The number of hydrogen-bond donors (Lipinski definition) is 3. The van der Waals surface area contributed by atoms with Crippen molar-refractivity contribution in [1.29, 1.82) is 0 Å². The van der Waals surface area contributed by atoms with E-state index in [0.717, 1.165) is 0 Å². The molecule has 0 radical (unpaired) electrons. The van der Waals surface area contributed by atoms with E-state index >= 15 is 0 Å². The third-order valence-corrected chi connectivity index (χ3v) is 2.02. The van der Waals surface area contributed by atoms with Gasteiger partial charge in [-0.15, -0.1) is 0 Å². The third-order valence-electron chi connectivity index (χ3n) is 2.02. The summed E-state index contributed by atoms with van der Waals surface area (Å²) >= 11 is 0. The van der Waals surface area contributed by atoms with Crippen LogP contribution >= 0.6 is 0 Å². The number of imide groups is 1. The second kappa shape index (κ2) is 5.60. The molecular weight excluding hydrogens is 238 g/mol. The second-order valence-corrected chi connectivity index (χ2v) is 3.27. The standard InChI is InChI=1S/C11H11N3O4/c12-8-4-2-1-3-7(8)11(18)14(13)9(15)5-6-10(16)17/h1-6H,12-13H2,(H,16,17)/b6-5-.